The summed E-state index contributed by atoms with van der Waals surface area (Å²) in [5.74, 6) is -0.431. The van der Waals surface area contributed by atoms with Gasteiger partial charge in [0.05, 0.1) is 10.6 Å². The molecule has 0 aliphatic heterocycles. The highest BCUT2D eigenvalue weighted by atomic mass is 32.2. The van der Waals surface area contributed by atoms with E-state index in [1.807, 2.05) is 42.5 Å². The highest BCUT2D eigenvalue weighted by Crippen LogP contribution is 2.34. The third kappa shape index (κ3) is 4.21. The molecule has 6 heteroatoms. The second-order valence-electron chi connectivity index (χ2n) is 5.43. The fraction of sp³-hybridized carbons (Fsp3) is 0.0526. The van der Waals surface area contributed by atoms with Gasteiger partial charge in [0.25, 0.3) is 10.0 Å². The van der Waals surface area contributed by atoms with Crippen molar-refractivity contribution in [3.63, 3.8) is 0 Å². The molecule has 0 heterocycles. The molecule has 3 nitrogen and oxygen atoms in total. The Morgan fingerprint density at radius 2 is 1.60 bits per heavy atom. The van der Waals surface area contributed by atoms with Crippen LogP contribution in [-0.4, -0.2) is 8.42 Å². The van der Waals surface area contributed by atoms with Crippen molar-refractivity contribution in [1.29, 1.82) is 0 Å². The fourth-order valence-electron chi connectivity index (χ4n) is 2.24. The largest absolute Gasteiger partial charge is 0.278 e. The summed E-state index contributed by atoms with van der Waals surface area (Å²) in [5, 5.41) is 0. The lowest BCUT2D eigenvalue weighted by atomic mass is 10.2. The average Bonchev–Trinajstić information content (AvgIpc) is 2.60. The van der Waals surface area contributed by atoms with E-state index in [9.17, 15) is 12.8 Å². The van der Waals surface area contributed by atoms with Gasteiger partial charge in [-0.3, -0.25) is 4.72 Å². The van der Waals surface area contributed by atoms with E-state index in [1.54, 1.807) is 12.1 Å². The summed E-state index contributed by atoms with van der Waals surface area (Å²) < 4.78 is 41.3. The molecule has 0 atom stereocenters. The summed E-state index contributed by atoms with van der Waals surface area (Å²) in [4.78, 5) is 1.83. The third-order valence-electron chi connectivity index (χ3n) is 3.54. The van der Waals surface area contributed by atoms with E-state index in [-0.39, 0.29) is 10.5 Å². The number of rotatable bonds is 5. The minimum absolute atomic E-state index is 0.0333. The number of anilines is 1. The van der Waals surface area contributed by atoms with Crippen LogP contribution in [0.15, 0.2) is 87.5 Å². The zero-order valence-electron chi connectivity index (χ0n) is 13.4. The normalized spacial score (nSPS) is 11.3. The van der Waals surface area contributed by atoms with Gasteiger partial charge >= 0.3 is 0 Å². The van der Waals surface area contributed by atoms with Crippen LogP contribution in [0.3, 0.4) is 0 Å². The zero-order valence-corrected chi connectivity index (χ0v) is 15.1. The van der Waals surface area contributed by atoms with Crippen molar-refractivity contribution in [2.75, 3.05) is 4.72 Å². The summed E-state index contributed by atoms with van der Waals surface area (Å²) in [5.41, 5.74) is 0.771. The van der Waals surface area contributed by atoms with Crippen molar-refractivity contribution >= 4 is 27.5 Å². The number of halogens is 1. The molecule has 0 unspecified atom stereocenters. The number of hydrogen-bond donors (Lipinski definition) is 1. The Hall–Kier alpha value is -2.31. The van der Waals surface area contributed by atoms with Gasteiger partial charge in [0.2, 0.25) is 0 Å². The minimum Gasteiger partial charge on any atom is -0.278 e. The SMILES string of the molecule is Cc1cc(S(=O)(=O)Nc2ccccc2Sc2ccccc2)ccc1F. The molecule has 1 N–H and O–H groups in total. The number of aryl methyl sites for hydroxylation is 1. The molecular weight excluding hydrogens is 357 g/mol. The number of benzene rings is 3. The molecule has 3 aromatic carbocycles. The fourth-order valence-corrected chi connectivity index (χ4v) is 4.40. The van der Waals surface area contributed by atoms with Gasteiger partial charge in [-0.15, -0.1) is 0 Å². The van der Waals surface area contributed by atoms with Crippen LogP contribution < -0.4 is 4.72 Å². The van der Waals surface area contributed by atoms with Crippen LogP contribution in [0.2, 0.25) is 0 Å². The van der Waals surface area contributed by atoms with E-state index in [4.69, 9.17) is 0 Å². The topological polar surface area (TPSA) is 46.2 Å². The van der Waals surface area contributed by atoms with Gasteiger partial charge in [0.15, 0.2) is 0 Å². The van der Waals surface area contributed by atoms with Crippen LogP contribution in [0.25, 0.3) is 0 Å². The molecule has 3 rings (SSSR count). The van der Waals surface area contributed by atoms with Crippen LogP contribution >= 0.6 is 11.8 Å². The first-order valence-corrected chi connectivity index (χ1v) is 9.86. The third-order valence-corrected chi connectivity index (χ3v) is 5.99. The Labute approximate surface area is 151 Å². The molecule has 0 amide bonds. The smallest absolute Gasteiger partial charge is 0.261 e. The highest BCUT2D eigenvalue weighted by molar-refractivity contribution is 7.99. The van der Waals surface area contributed by atoms with Crippen LogP contribution in [0, 0.1) is 12.7 Å². The maximum atomic E-state index is 13.4. The van der Waals surface area contributed by atoms with Crippen molar-refractivity contribution in [2.24, 2.45) is 0 Å². The second kappa shape index (κ2) is 7.29. The molecule has 0 fully saturated rings. The number of nitrogens with one attached hydrogen (secondary N) is 1. The van der Waals surface area contributed by atoms with Gasteiger partial charge < -0.3 is 0 Å². The molecule has 0 spiro atoms. The molecule has 3 aromatic rings. The first kappa shape index (κ1) is 17.5. The predicted octanol–water partition coefficient (Wildman–Crippen LogP) is 5.09. The summed E-state index contributed by atoms with van der Waals surface area (Å²) in [7, 11) is -3.80. The van der Waals surface area contributed by atoms with Gasteiger partial charge in [-0.05, 0) is 55.0 Å². The molecule has 0 saturated carbocycles. The lowest BCUT2D eigenvalue weighted by Crippen LogP contribution is -2.13. The van der Waals surface area contributed by atoms with Crippen molar-refractivity contribution in [3.8, 4) is 0 Å². The molecular formula is C19H16FNO2S2. The second-order valence-corrected chi connectivity index (χ2v) is 8.23. The average molecular weight is 373 g/mol. The number of para-hydroxylation sites is 1. The van der Waals surface area contributed by atoms with E-state index >= 15 is 0 Å². The first-order chi connectivity index (χ1) is 12.0. The summed E-state index contributed by atoms with van der Waals surface area (Å²) in [6.45, 7) is 1.54. The van der Waals surface area contributed by atoms with Crippen molar-refractivity contribution < 1.29 is 12.8 Å². The molecule has 128 valence electrons. The van der Waals surface area contributed by atoms with Gasteiger partial charge in [0, 0.05) is 9.79 Å². The maximum Gasteiger partial charge on any atom is 0.261 e. The van der Waals surface area contributed by atoms with Gasteiger partial charge in [-0.1, -0.05) is 42.1 Å². The summed E-state index contributed by atoms with van der Waals surface area (Å²) in [6, 6.07) is 20.6. The predicted molar refractivity (Wildman–Crippen MR) is 99.0 cm³/mol. The first-order valence-electron chi connectivity index (χ1n) is 7.56. The quantitative estimate of drug-likeness (QED) is 0.678. The summed E-state index contributed by atoms with van der Waals surface area (Å²) in [6.07, 6.45) is 0. The van der Waals surface area contributed by atoms with Crippen molar-refractivity contribution in [3.05, 3.63) is 84.2 Å². The Bertz CT molecular complexity index is 989. The van der Waals surface area contributed by atoms with E-state index in [1.165, 1.54) is 30.8 Å². The number of sulfonamides is 1. The molecule has 0 aliphatic rings. The molecule has 0 radical (unpaired) electrons. The standard InChI is InChI=1S/C19H16FNO2S2/c1-14-13-16(11-12-17(14)20)25(22,23)21-18-9-5-6-10-19(18)24-15-7-3-2-4-8-15/h2-13,21H,1H3. The van der Waals surface area contributed by atoms with E-state index in [0.29, 0.717) is 5.69 Å². The maximum absolute atomic E-state index is 13.4. The molecule has 0 aromatic heterocycles. The molecule has 0 aliphatic carbocycles. The Kier molecular flexibility index (Phi) is 5.11. The Balaban J connectivity index is 1.91. The lowest BCUT2D eigenvalue weighted by molar-refractivity contribution is 0.598. The van der Waals surface area contributed by atoms with E-state index in [0.717, 1.165) is 15.9 Å². The van der Waals surface area contributed by atoms with E-state index < -0.39 is 15.8 Å². The van der Waals surface area contributed by atoms with Crippen LogP contribution in [0.5, 0.6) is 0 Å². The Morgan fingerprint density at radius 1 is 0.920 bits per heavy atom. The van der Waals surface area contributed by atoms with Crippen molar-refractivity contribution in [1.82, 2.24) is 0 Å². The van der Waals surface area contributed by atoms with E-state index in [2.05, 4.69) is 4.72 Å². The minimum atomic E-state index is -3.80. The molecule has 25 heavy (non-hydrogen) atoms. The van der Waals surface area contributed by atoms with Gasteiger partial charge in [-0.25, -0.2) is 12.8 Å². The van der Waals surface area contributed by atoms with Crippen molar-refractivity contribution in [2.45, 2.75) is 21.6 Å². The van der Waals surface area contributed by atoms with Crippen LogP contribution in [0.4, 0.5) is 10.1 Å². The summed E-state index contributed by atoms with van der Waals surface area (Å²) >= 11 is 1.47. The highest BCUT2D eigenvalue weighted by Gasteiger charge is 2.17. The van der Waals surface area contributed by atoms with Crippen LogP contribution in [0.1, 0.15) is 5.56 Å². The van der Waals surface area contributed by atoms with Gasteiger partial charge in [-0.2, -0.15) is 0 Å². The number of hydrogen-bond acceptors (Lipinski definition) is 3. The van der Waals surface area contributed by atoms with Gasteiger partial charge in [0.1, 0.15) is 5.82 Å². The molecule has 0 bridgehead atoms. The zero-order chi connectivity index (χ0) is 17.9. The Morgan fingerprint density at radius 3 is 2.32 bits per heavy atom. The monoisotopic (exact) mass is 373 g/mol. The molecule has 0 saturated heterocycles. The lowest BCUT2D eigenvalue weighted by Gasteiger charge is -2.13. The van der Waals surface area contributed by atoms with Crippen LogP contribution in [-0.2, 0) is 10.0 Å².